The van der Waals surface area contributed by atoms with Gasteiger partial charge in [-0.05, 0) is 121 Å². The van der Waals surface area contributed by atoms with Crippen molar-refractivity contribution in [3.8, 4) is 53.2 Å². The average Bonchev–Trinajstić information content (AvgIpc) is 2.51. The first-order valence-electron chi connectivity index (χ1n) is 30.3. The highest BCUT2D eigenvalue weighted by Gasteiger charge is 2.22. The Bertz CT molecular complexity index is 3920. The van der Waals surface area contributed by atoms with Gasteiger partial charge in [0, 0.05) is 189 Å². The van der Waals surface area contributed by atoms with Crippen LogP contribution in [0, 0.1) is 59.1 Å². The Hall–Kier alpha value is -11.5. The van der Waals surface area contributed by atoms with Gasteiger partial charge in [-0.3, -0.25) is 4.98 Å². The van der Waals surface area contributed by atoms with E-state index in [2.05, 4.69) is 148 Å². The number of hydrogen-bond donors (Lipinski definition) is 0. The molecule has 11 heterocycles. The van der Waals surface area contributed by atoms with Gasteiger partial charge in [0.2, 0.25) is 11.8 Å². The van der Waals surface area contributed by atoms with E-state index in [1.54, 1.807) is 56.2 Å². The van der Waals surface area contributed by atoms with E-state index < -0.39 is 5.95 Å². The number of pyridine rings is 7. The van der Waals surface area contributed by atoms with Crippen LogP contribution in [0.2, 0.25) is 0 Å². The number of anilines is 4. The lowest BCUT2D eigenvalue weighted by atomic mass is 10.2. The molecule has 0 spiro atoms. The highest BCUT2D eigenvalue weighted by atomic mass is 19.1. The third kappa shape index (κ3) is 20.3. The molecule has 4 saturated heterocycles. The minimum absolute atomic E-state index is 0.250. The number of nitrogens with zero attached hydrogens (tertiary/aromatic N) is 15. The van der Waals surface area contributed by atoms with Crippen LogP contribution in [0.4, 0.5) is 32.1 Å². The molecule has 0 N–H and O–H groups in total. The highest BCUT2D eigenvalue weighted by molar-refractivity contribution is 5.46. The third-order valence-electron chi connectivity index (χ3n) is 15.1. The number of halogens is 2. The van der Waals surface area contributed by atoms with Crippen LogP contribution in [0.15, 0.2) is 232 Å². The van der Waals surface area contributed by atoms with Gasteiger partial charge in [-0.1, -0.05) is 74.3 Å². The van der Waals surface area contributed by atoms with Gasteiger partial charge in [0.15, 0.2) is 0 Å². The average molecular weight is 1230 g/mol. The Morgan fingerprint density at radius 1 is 0.359 bits per heavy atom. The lowest BCUT2D eigenvalue weighted by Gasteiger charge is -2.36. The number of methoxy groups -OCH3 is 1. The van der Waals surface area contributed by atoms with Crippen molar-refractivity contribution >= 4 is 23.3 Å². The van der Waals surface area contributed by atoms with Gasteiger partial charge in [-0.15, -0.1) is 0 Å². The van der Waals surface area contributed by atoms with Gasteiger partial charge in [0.25, 0.3) is 0 Å². The molecule has 8 aromatic rings. The summed E-state index contributed by atoms with van der Waals surface area (Å²) >= 11 is 0. The van der Waals surface area contributed by atoms with E-state index in [0.29, 0.717) is 11.4 Å². The fourth-order valence-corrected chi connectivity index (χ4v) is 9.90. The molecule has 92 heavy (non-hydrogen) atoms. The maximum atomic E-state index is 13.0. The minimum atomic E-state index is -0.522. The van der Waals surface area contributed by atoms with E-state index in [1.165, 1.54) is 24.4 Å². The van der Waals surface area contributed by atoms with E-state index >= 15 is 0 Å². The van der Waals surface area contributed by atoms with Crippen molar-refractivity contribution in [2.75, 3.05) is 131 Å². The molecule has 0 amide bonds. The van der Waals surface area contributed by atoms with Crippen molar-refractivity contribution in [3.63, 3.8) is 0 Å². The Morgan fingerprint density at radius 2 is 0.696 bits per heavy atom. The Morgan fingerprint density at radius 3 is 1.02 bits per heavy atom. The number of aromatic nitrogens is 7. The van der Waals surface area contributed by atoms with Crippen molar-refractivity contribution in [2.45, 2.75) is 0 Å². The molecular formula is C74H73F2N15O. The molecule has 7 aromatic heterocycles. The number of allylic oxidation sites excluding steroid dienone is 4. The largest absolute Gasteiger partial charge is 0.481 e. The summed E-state index contributed by atoms with van der Waals surface area (Å²) in [6.07, 6.45) is 13.9. The summed E-state index contributed by atoms with van der Waals surface area (Å²) in [5, 5.41) is 0. The van der Waals surface area contributed by atoms with Crippen LogP contribution in [0.25, 0.3) is 0 Å². The molecule has 0 saturated carbocycles. The summed E-state index contributed by atoms with van der Waals surface area (Å²) in [4.78, 5) is 47.0. The van der Waals surface area contributed by atoms with E-state index in [9.17, 15) is 8.78 Å². The minimum Gasteiger partial charge on any atom is -0.481 e. The van der Waals surface area contributed by atoms with Crippen LogP contribution in [0.5, 0.6) is 5.88 Å². The molecule has 16 nitrogen and oxygen atoms in total. The molecular weight excluding hydrogens is 1150 g/mol. The summed E-state index contributed by atoms with van der Waals surface area (Å²) in [6.45, 7) is 30.6. The van der Waals surface area contributed by atoms with Gasteiger partial charge in [0.05, 0.1) is 29.9 Å². The van der Waals surface area contributed by atoms with Gasteiger partial charge in [-0.2, -0.15) is 4.39 Å². The van der Waals surface area contributed by atoms with Crippen LogP contribution >= 0.6 is 0 Å². The molecule has 12 rings (SSSR count). The summed E-state index contributed by atoms with van der Waals surface area (Å²) in [5.74, 6) is 28.4. The zero-order valence-corrected chi connectivity index (χ0v) is 51.8. The van der Waals surface area contributed by atoms with Crippen molar-refractivity contribution in [3.05, 3.63) is 266 Å². The zero-order chi connectivity index (χ0) is 64.1. The second kappa shape index (κ2) is 34.3. The predicted molar refractivity (Wildman–Crippen MR) is 362 cm³/mol. The fourth-order valence-electron chi connectivity index (χ4n) is 9.90. The van der Waals surface area contributed by atoms with Crippen LogP contribution in [-0.2, 0) is 0 Å². The quantitative estimate of drug-likeness (QED) is 0.101. The molecule has 0 radical (unpaired) electrons. The number of ether oxygens (including phenoxy) is 1. The van der Waals surface area contributed by atoms with Crippen molar-refractivity contribution in [1.29, 1.82) is 0 Å². The van der Waals surface area contributed by atoms with Crippen LogP contribution in [0.3, 0.4) is 0 Å². The first-order valence-corrected chi connectivity index (χ1v) is 30.3. The standard InChI is InChI=1S/C19H18FN3.C19H20N4O.C18H17FN4.C18H18N4/c1-16(5-6-17-7-9-18(20)10-8-17)22-12-14-23(15-13-22)19-4-2-3-11-21-19;1-16(6-7-17-8-9-19(24-2)21-15-17)22-11-13-23(14-12-22)18-5-3-4-10-20-18;1-15(5-6-16-7-9-20-17(19)14-16)22-10-12-23(13-11-22)18-4-2-3-8-21-18;1-16(5-6-17-7-10-19-11-8-17)21-12-14-22(15-13-21)18-4-2-3-9-20-18/h2-4,7-11H,1,12-15H2;3-5,8-10,15H,1,11-14H2,2H3;2-4,7-9,14H,1,10-13H2;2-4,7-11H,1,12-15H2. The van der Waals surface area contributed by atoms with Gasteiger partial charge >= 0.3 is 0 Å². The monoisotopic (exact) mass is 1230 g/mol. The topological polar surface area (TPSA) is 125 Å². The maximum absolute atomic E-state index is 13.0. The molecule has 0 bridgehead atoms. The summed E-state index contributed by atoms with van der Waals surface area (Å²) < 4.78 is 30.9. The number of hydrogen-bond acceptors (Lipinski definition) is 16. The first-order chi connectivity index (χ1) is 45.0. The summed E-state index contributed by atoms with van der Waals surface area (Å²) in [7, 11) is 1.60. The molecule has 0 aliphatic carbocycles. The van der Waals surface area contributed by atoms with E-state index in [-0.39, 0.29) is 5.82 Å². The van der Waals surface area contributed by atoms with Crippen LogP contribution in [0.1, 0.15) is 22.3 Å². The second-order valence-corrected chi connectivity index (χ2v) is 21.1. The maximum Gasteiger partial charge on any atom is 0.214 e. The third-order valence-corrected chi connectivity index (χ3v) is 15.1. The Labute approximate surface area is 539 Å². The van der Waals surface area contributed by atoms with Crippen LogP contribution in [-0.4, -0.2) is 166 Å². The summed E-state index contributed by atoms with van der Waals surface area (Å²) in [5.41, 5.74) is 6.47. The van der Waals surface area contributed by atoms with E-state index in [4.69, 9.17) is 4.74 Å². The van der Waals surface area contributed by atoms with Crippen molar-refractivity contribution < 1.29 is 13.5 Å². The second-order valence-electron chi connectivity index (χ2n) is 21.1. The van der Waals surface area contributed by atoms with Gasteiger partial charge < -0.3 is 43.9 Å². The molecule has 4 aliphatic rings. The van der Waals surface area contributed by atoms with Gasteiger partial charge in [-0.25, -0.2) is 34.3 Å². The molecule has 18 heteroatoms. The molecule has 1 aromatic carbocycles. The SMILES string of the molecule is C=C(C#Cc1ccc(F)cc1)N1CCN(c2ccccn2)CC1.C=C(C#Cc1ccc(OC)nc1)N1CCN(c2ccccn2)CC1.C=C(C#Cc1ccnc(F)c1)N1CCN(c2ccccn2)CC1.C=C(C#Cc1ccncc1)N1CCN(c2ccccn2)CC1. The Balaban J connectivity index is 0.000000145. The predicted octanol–water partition coefficient (Wildman–Crippen LogP) is 9.55. The zero-order valence-electron chi connectivity index (χ0n) is 51.8. The number of benzene rings is 1. The number of piperazine rings is 4. The normalized spacial score (nSPS) is 14.1. The van der Waals surface area contributed by atoms with Gasteiger partial charge in [0.1, 0.15) is 29.1 Å². The van der Waals surface area contributed by atoms with E-state index in [0.717, 1.165) is 167 Å². The molecule has 0 unspecified atom stereocenters. The highest BCUT2D eigenvalue weighted by Crippen LogP contribution is 2.19. The van der Waals surface area contributed by atoms with Crippen LogP contribution < -0.4 is 24.3 Å². The molecule has 4 aliphatic heterocycles. The lowest BCUT2D eigenvalue weighted by molar-refractivity contribution is 0.333. The van der Waals surface area contributed by atoms with E-state index in [1.807, 2.05) is 110 Å². The molecule has 4 fully saturated rings. The van der Waals surface area contributed by atoms with Crippen molar-refractivity contribution in [2.24, 2.45) is 0 Å². The van der Waals surface area contributed by atoms with Crippen molar-refractivity contribution in [1.82, 2.24) is 54.5 Å². The fraction of sp³-hybridized carbons (Fsp3) is 0.230. The lowest BCUT2D eigenvalue weighted by Crippen LogP contribution is -2.45. The number of rotatable bonds is 9. The molecule has 464 valence electrons. The first kappa shape index (κ1) is 65.0. The smallest absolute Gasteiger partial charge is 0.214 e. The Kier molecular flexibility index (Phi) is 24.2. The molecule has 0 atom stereocenters. The summed E-state index contributed by atoms with van der Waals surface area (Å²) in [6, 6.07) is 40.6.